The van der Waals surface area contributed by atoms with Crippen LogP contribution in [0.25, 0.3) is 44.2 Å². The lowest BCUT2D eigenvalue weighted by atomic mass is 9.88. The number of aliphatic hydroxyl groups is 2. The van der Waals surface area contributed by atoms with Gasteiger partial charge in [-0.05, 0) is 85.9 Å². The van der Waals surface area contributed by atoms with E-state index >= 15 is 4.39 Å². The van der Waals surface area contributed by atoms with Crippen LogP contribution in [0.3, 0.4) is 0 Å². The highest BCUT2D eigenvalue weighted by Gasteiger charge is 2.44. The largest absolute Gasteiger partial charge is 0.486 e. The minimum atomic E-state index is -1.02. The molecule has 0 unspecified atom stereocenters. The van der Waals surface area contributed by atoms with Gasteiger partial charge in [0.15, 0.2) is 5.75 Å². The van der Waals surface area contributed by atoms with E-state index in [2.05, 4.69) is 54.0 Å². The number of β-amino-alcohol motifs (C(OH)–C–C–N with tert-alkyl or cyclic N) is 1. The first-order chi connectivity index (χ1) is 37.3. The number of aliphatic hydroxyl groups excluding tert-OH is 2. The molecule has 7 aromatic rings. The molecule has 0 radical (unpaired) electrons. The molecule has 0 spiro atoms. The Hall–Kier alpha value is -7.21. The first-order valence-corrected chi connectivity index (χ1v) is 26.6. The average molecular weight is 1070 g/mol. The lowest BCUT2D eigenvalue weighted by Crippen LogP contribution is -2.51. The Labute approximate surface area is 449 Å². The number of likely N-dealkylation sites (tertiary alicyclic amines) is 1. The standard InChI is InChI=1S/C57H61ClFN11O7/c1-30(2)52(56(74)69-25-40(72)19-48(69)55(73)62-37(27-71)17-16-35-8-6-7-9-44(35)58)70-26-47(66-67-70)36-12-10-33(11-13-36)29-76-53-50(49-32(4)45(59)21-46-43(49)23-61-65-46)41(34-14-15-34)20-42-51(53)63-57(77-28-31(3)75-5)64-54(42)68-24-38-18-39(68)22-60-38/h6-13,20-21,23,26,30-31,34,37-40,48,52,60,71-72H,14-15,18-19,22,24-25,27-29H2,1-5H3,(H,61,65)(H,62,73)/t31-,37+,38-,39-,40+,48-,52-/m0/s1. The van der Waals surface area contributed by atoms with Gasteiger partial charge in [0, 0.05) is 78.3 Å². The monoisotopic (exact) mass is 1070 g/mol. The fourth-order valence-corrected chi connectivity index (χ4v) is 11.1. The maximum atomic E-state index is 16.1. The van der Waals surface area contributed by atoms with Crippen LogP contribution in [-0.4, -0.2) is 138 Å². The van der Waals surface area contributed by atoms with Crippen molar-refractivity contribution in [2.75, 3.05) is 44.9 Å². The average Bonchev–Trinajstić information content (AvgIpc) is 4.20. The minimum Gasteiger partial charge on any atom is -0.486 e. The Balaban J connectivity index is 0.889. The molecule has 3 saturated heterocycles. The number of hydrogen-bond acceptors (Lipinski definition) is 14. The van der Waals surface area contributed by atoms with Crippen LogP contribution in [0.4, 0.5) is 10.2 Å². The van der Waals surface area contributed by atoms with Crippen molar-refractivity contribution in [2.45, 2.75) is 108 Å². The van der Waals surface area contributed by atoms with Gasteiger partial charge in [-0.3, -0.25) is 14.7 Å². The Morgan fingerprint density at radius 1 is 1.01 bits per heavy atom. The van der Waals surface area contributed by atoms with E-state index in [9.17, 15) is 19.8 Å². The molecule has 1 aliphatic carbocycles. The van der Waals surface area contributed by atoms with Crippen LogP contribution < -0.4 is 25.0 Å². The van der Waals surface area contributed by atoms with Gasteiger partial charge in [0.05, 0.1) is 41.7 Å². The minimum absolute atomic E-state index is 0.00904. The highest BCUT2D eigenvalue weighted by molar-refractivity contribution is 6.31. The highest BCUT2D eigenvalue weighted by Crippen LogP contribution is 2.53. The van der Waals surface area contributed by atoms with Crippen LogP contribution in [0.15, 0.2) is 73.1 Å². The predicted octanol–water partition coefficient (Wildman–Crippen LogP) is 6.64. The third kappa shape index (κ3) is 10.4. The molecule has 5 N–H and O–H groups in total. The van der Waals surface area contributed by atoms with Crippen molar-refractivity contribution in [3.8, 4) is 46.0 Å². The molecule has 18 nitrogen and oxygen atoms in total. The number of H-pyrrole nitrogens is 1. The number of amides is 2. The Kier molecular flexibility index (Phi) is 14.6. The van der Waals surface area contributed by atoms with E-state index in [0.29, 0.717) is 50.2 Å². The molecule has 2 bridgehead atoms. The van der Waals surface area contributed by atoms with Crippen molar-refractivity contribution < 1.29 is 38.4 Å². The van der Waals surface area contributed by atoms with Gasteiger partial charge in [-0.2, -0.15) is 15.1 Å². The molecule has 400 valence electrons. The molecule has 2 amide bonds. The van der Waals surface area contributed by atoms with E-state index in [-0.39, 0.29) is 62.0 Å². The number of nitrogens with one attached hydrogen (secondary N) is 3. The summed E-state index contributed by atoms with van der Waals surface area (Å²) < 4.78 is 36.5. The smallest absolute Gasteiger partial charge is 0.319 e. The molecule has 11 rings (SSSR count). The number of piperazine rings is 1. The first kappa shape index (κ1) is 51.9. The van der Waals surface area contributed by atoms with Crippen LogP contribution in [0.2, 0.25) is 5.02 Å². The summed E-state index contributed by atoms with van der Waals surface area (Å²) in [6, 6.07) is 16.3. The Bertz CT molecular complexity index is 3430. The zero-order valence-corrected chi connectivity index (χ0v) is 44.2. The van der Waals surface area contributed by atoms with Crippen molar-refractivity contribution in [2.24, 2.45) is 5.92 Å². The fourth-order valence-electron chi connectivity index (χ4n) is 11.0. The number of nitrogens with zero attached hydrogens (tertiary/aromatic N) is 8. The van der Waals surface area contributed by atoms with Gasteiger partial charge in [0.25, 0.3) is 0 Å². The van der Waals surface area contributed by atoms with E-state index in [0.717, 1.165) is 71.2 Å². The van der Waals surface area contributed by atoms with Crippen LogP contribution in [-0.2, 0) is 20.9 Å². The maximum Gasteiger partial charge on any atom is 0.319 e. The number of rotatable bonds is 17. The number of aromatic nitrogens is 7. The second kappa shape index (κ2) is 21.7. The van der Waals surface area contributed by atoms with Gasteiger partial charge in [-0.1, -0.05) is 78.9 Å². The molecule has 3 aliphatic heterocycles. The van der Waals surface area contributed by atoms with Crippen molar-refractivity contribution in [3.63, 3.8) is 0 Å². The van der Waals surface area contributed by atoms with Crippen LogP contribution >= 0.6 is 11.6 Å². The highest BCUT2D eigenvalue weighted by atomic mass is 35.5. The number of methoxy groups -OCH3 is 1. The molecule has 20 heteroatoms. The van der Waals surface area contributed by atoms with Gasteiger partial charge in [0.2, 0.25) is 11.8 Å². The number of halogens is 2. The van der Waals surface area contributed by atoms with Crippen molar-refractivity contribution in [3.05, 3.63) is 106 Å². The summed E-state index contributed by atoms with van der Waals surface area (Å²) >= 11 is 6.26. The van der Waals surface area contributed by atoms with Gasteiger partial charge < -0.3 is 44.9 Å². The topological polar surface area (TPSA) is 218 Å². The van der Waals surface area contributed by atoms with Crippen molar-refractivity contribution in [1.82, 2.24) is 50.7 Å². The molecular weight excluding hydrogens is 1010 g/mol. The first-order valence-electron chi connectivity index (χ1n) is 26.2. The van der Waals surface area contributed by atoms with Gasteiger partial charge in [0.1, 0.15) is 54.2 Å². The summed E-state index contributed by atoms with van der Waals surface area (Å²) in [6.45, 7) is 8.90. The quantitative estimate of drug-likeness (QED) is 0.0605. The summed E-state index contributed by atoms with van der Waals surface area (Å²) in [6.07, 6.45) is 5.22. The fraction of sp³-hybridized carbons (Fsp3) is 0.421. The maximum absolute atomic E-state index is 16.1. The Morgan fingerprint density at radius 2 is 1.82 bits per heavy atom. The van der Waals surface area contributed by atoms with Gasteiger partial charge >= 0.3 is 6.01 Å². The van der Waals surface area contributed by atoms with E-state index in [1.54, 1.807) is 50.7 Å². The van der Waals surface area contributed by atoms with Gasteiger partial charge in [-0.15, -0.1) is 5.10 Å². The molecular formula is C57H61ClFN11O7. The molecule has 4 aliphatic rings. The van der Waals surface area contributed by atoms with E-state index in [1.165, 1.54) is 15.6 Å². The summed E-state index contributed by atoms with van der Waals surface area (Å²) in [5.41, 5.74) is 6.70. The molecule has 4 fully saturated rings. The third-order valence-corrected chi connectivity index (χ3v) is 15.6. The SMILES string of the molecule is CO[C@@H](C)COc1nc(N2C[C@@H]3C[C@H]2CN3)c2cc(C3CC3)c(-c3c(C)c(F)cc4[nH]ncc34)c(OCc3ccc(-c4cn([C@H](C(=O)N5C[C@H](O)C[C@H]5C(=O)N[C@H](C#Cc5ccccc5Cl)CO)C(C)C)nn4)cc3)c2n1. The van der Waals surface area contributed by atoms with E-state index in [4.69, 9.17) is 35.8 Å². The number of hydrogen-bond donors (Lipinski definition) is 5. The van der Waals surface area contributed by atoms with Crippen molar-refractivity contribution in [1.29, 1.82) is 0 Å². The molecule has 7 atom stereocenters. The number of aromatic amines is 1. The number of benzene rings is 4. The van der Waals surface area contributed by atoms with E-state index in [1.807, 2.05) is 45.0 Å². The lowest BCUT2D eigenvalue weighted by molar-refractivity contribution is -0.142. The Morgan fingerprint density at radius 3 is 2.53 bits per heavy atom. The molecule has 6 heterocycles. The second-order valence-corrected chi connectivity index (χ2v) is 21.4. The lowest BCUT2D eigenvalue weighted by Gasteiger charge is -2.30. The molecule has 4 aromatic carbocycles. The number of anilines is 1. The number of carbonyl (C=O) groups excluding carboxylic acids is 2. The summed E-state index contributed by atoms with van der Waals surface area (Å²) in [5.74, 6) is 5.62. The van der Waals surface area contributed by atoms with E-state index < -0.39 is 42.7 Å². The number of ether oxygens (including phenoxy) is 3. The van der Waals surface area contributed by atoms with Crippen LogP contribution in [0, 0.1) is 30.5 Å². The second-order valence-electron chi connectivity index (χ2n) is 21.0. The predicted molar refractivity (Wildman–Crippen MR) is 288 cm³/mol. The summed E-state index contributed by atoms with van der Waals surface area (Å²) in [7, 11) is 1.63. The van der Waals surface area contributed by atoms with Crippen molar-refractivity contribution >= 4 is 51.0 Å². The third-order valence-electron chi connectivity index (χ3n) is 15.3. The molecule has 3 aromatic heterocycles. The normalized spacial score (nSPS) is 20.2. The molecule has 1 saturated carbocycles. The zero-order valence-electron chi connectivity index (χ0n) is 43.5. The van der Waals surface area contributed by atoms with Crippen LogP contribution in [0.5, 0.6) is 11.8 Å². The van der Waals surface area contributed by atoms with Gasteiger partial charge in [-0.25, -0.2) is 9.07 Å². The number of fused-ring (bicyclic) bond motifs is 4. The van der Waals surface area contributed by atoms with Crippen LogP contribution in [0.1, 0.15) is 80.7 Å². The summed E-state index contributed by atoms with van der Waals surface area (Å²) in [5, 5.41) is 45.5. The zero-order chi connectivity index (χ0) is 53.6. The summed E-state index contributed by atoms with van der Waals surface area (Å²) in [4.78, 5) is 42.1. The number of carbonyl (C=O) groups is 2. The molecule has 77 heavy (non-hydrogen) atoms.